The summed E-state index contributed by atoms with van der Waals surface area (Å²) in [6, 6.07) is 8.21. The van der Waals surface area contributed by atoms with E-state index < -0.39 is 5.60 Å². The summed E-state index contributed by atoms with van der Waals surface area (Å²) in [5, 5.41) is 12.9. The summed E-state index contributed by atoms with van der Waals surface area (Å²) in [4.78, 5) is 11.9. The van der Waals surface area contributed by atoms with Crippen LogP contribution in [-0.4, -0.2) is 36.4 Å². The third-order valence-corrected chi connectivity index (χ3v) is 3.90. The van der Waals surface area contributed by atoms with Crippen molar-refractivity contribution < 1.29 is 14.6 Å². The molecule has 0 saturated carbocycles. The molecule has 0 radical (unpaired) electrons. The van der Waals surface area contributed by atoms with Crippen molar-refractivity contribution in [3.63, 3.8) is 0 Å². The van der Waals surface area contributed by atoms with Gasteiger partial charge in [-0.05, 0) is 24.0 Å². The van der Waals surface area contributed by atoms with Crippen LogP contribution in [0.2, 0.25) is 0 Å². The van der Waals surface area contributed by atoms with Crippen LogP contribution in [0.25, 0.3) is 0 Å². The normalized spacial score (nSPS) is 21.4. The Hall–Kier alpha value is -1.39. The Kier molecular flexibility index (Phi) is 5.76. The number of nitrogens with one attached hydrogen (secondary N) is 1. The molecule has 116 valence electrons. The van der Waals surface area contributed by atoms with Crippen LogP contribution in [0, 0.1) is 0 Å². The van der Waals surface area contributed by atoms with E-state index in [2.05, 4.69) is 24.4 Å². The summed E-state index contributed by atoms with van der Waals surface area (Å²) in [6.45, 7) is 3.31. The number of carbonyl (C=O) groups excluding carboxylic acids is 1. The molecule has 1 aliphatic rings. The molecule has 21 heavy (non-hydrogen) atoms. The van der Waals surface area contributed by atoms with E-state index in [-0.39, 0.29) is 12.5 Å². The van der Waals surface area contributed by atoms with Gasteiger partial charge in [0.15, 0.2) is 0 Å². The van der Waals surface area contributed by atoms with Crippen molar-refractivity contribution in [2.75, 3.05) is 19.8 Å². The summed E-state index contributed by atoms with van der Waals surface area (Å²) in [5.41, 5.74) is 1.43. The Morgan fingerprint density at radius 1 is 1.33 bits per heavy atom. The number of ether oxygens (including phenoxy) is 1. The van der Waals surface area contributed by atoms with Crippen molar-refractivity contribution in [2.24, 2.45) is 0 Å². The summed E-state index contributed by atoms with van der Waals surface area (Å²) in [7, 11) is 0. The molecule has 2 N–H and O–H groups in total. The molecule has 1 aromatic rings. The maximum absolute atomic E-state index is 11.9. The average Bonchev–Trinajstić information content (AvgIpc) is 2.92. The number of aliphatic hydroxyl groups is 1. The first-order valence-corrected chi connectivity index (χ1v) is 7.76. The molecule has 0 aliphatic carbocycles. The first-order chi connectivity index (χ1) is 10.1. The zero-order valence-corrected chi connectivity index (χ0v) is 12.7. The summed E-state index contributed by atoms with van der Waals surface area (Å²) in [5.74, 6) is -0.0587. The van der Waals surface area contributed by atoms with Crippen molar-refractivity contribution in [1.29, 1.82) is 0 Å². The van der Waals surface area contributed by atoms with Gasteiger partial charge in [0.2, 0.25) is 5.91 Å². The lowest BCUT2D eigenvalue weighted by Gasteiger charge is -2.20. The van der Waals surface area contributed by atoms with E-state index in [1.54, 1.807) is 0 Å². The molecule has 1 aliphatic heterocycles. The lowest BCUT2D eigenvalue weighted by atomic mass is 10.0. The smallest absolute Gasteiger partial charge is 0.224 e. The number of hydrogen-bond acceptors (Lipinski definition) is 3. The van der Waals surface area contributed by atoms with Crippen molar-refractivity contribution >= 4 is 5.91 Å². The molecule has 1 atom stereocenters. The highest BCUT2D eigenvalue weighted by molar-refractivity contribution is 5.78. The second-order valence-corrected chi connectivity index (χ2v) is 5.90. The predicted molar refractivity (Wildman–Crippen MR) is 82.2 cm³/mol. The molecule has 1 amide bonds. The lowest BCUT2D eigenvalue weighted by molar-refractivity contribution is -0.121. The maximum Gasteiger partial charge on any atom is 0.224 e. The van der Waals surface area contributed by atoms with Crippen LogP contribution in [-0.2, 0) is 22.4 Å². The minimum Gasteiger partial charge on any atom is -0.386 e. The van der Waals surface area contributed by atoms with Crippen molar-refractivity contribution in [3.05, 3.63) is 35.4 Å². The molecular weight excluding hydrogens is 266 g/mol. The number of benzene rings is 1. The quantitative estimate of drug-likeness (QED) is 0.806. The second kappa shape index (κ2) is 7.57. The summed E-state index contributed by atoms with van der Waals surface area (Å²) in [6.07, 6.45) is 4.41. The highest BCUT2D eigenvalue weighted by Crippen LogP contribution is 2.17. The van der Waals surface area contributed by atoms with E-state index >= 15 is 0 Å². The monoisotopic (exact) mass is 291 g/mol. The van der Waals surface area contributed by atoms with Crippen molar-refractivity contribution in [3.8, 4) is 0 Å². The molecule has 1 saturated heterocycles. The van der Waals surface area contributed by atoms with Gasteiger partial charge in [0.05, 0.1) is 13.0 Å². The Bertz CT molecular complexity index is 450. The van der Waals surface area contributed by atoms with Crippen LogP contribution in [0.5, 0.6) is 0 Å². The van der Waals surface area contributed by atoms with E-state index in [0.29, 0.717) is 26.1 Å². The van der Waals surface area contributed by atoms with E-state index in [0.717, 1.165) is 12.0 Å². The van der Waals surface area contributed by atoms with Crippen molar-refractivity contribution in [2.45, 2.75) is 44.6 Å². The molecule has 0 bridgehead atoms. The Balaban J connectivity index is 1.76. The molecule has 0 spiro atoms. The van der Waals surface area contributed by atoms with E-state index in [1.165, 1.54) is 18.4 Å². The van der Waals surface area contributed by atoms with Gasteiger partial charge in [-0.3, -0.25) is 4.79 Å². The van der Waals surface area contributed by atoms with Gasteiger partial charge in [-0.1, -0.05) is 37.6 Å². The SMILES string of the molecule is CCCCc1ccc(CC(=O)NCC2(O)CCOC2)cc1. The molecule has 4 nitrogen and oxygen atoms in total. The number of unbranched alkanes of at least 4 members (excludes halogenated alkanes) is 1. The van der Waals surface area contributed by atoms with Gasteiger partial charge < -0.3 is 15.2 Å². The van der Waals surface area contributed by atoms with Gasteiger partial charge in [0.25, 0.3) is 0 Å². The van der Waals surface area contributed by atoms with E-state index in [4.69, 9.17) is 4.74 Å². The van der Waals surface area contributed by atoms with Crippen LogP contribution in [0.1, 0.15) is 37.3 Å². The van der Waals surface area contributed by atoms with Gasteiger partial charge in [-0.2, -0.15) is 0 Å². The average molecular weight is 291 g/mol. The van der Waals surface area contributed by atoms with E-state index in [9.17, 15) is 9.90 Å². The zero-order valence-electron chi connectivity index (χ0n) is 12.7. The van der Waals surface area contributed by atoms with Crippen LogP contribution in [0.4, 0.5) is 0 Å². The van der Waals surface area contributed by atoms with Gasteiger partial charge in [-0.25, -0.2) is 0 Å². The van der Waals surface area contributed by atoms with Crippen LogP contribution < -0.4 is 5.32 Å². The van der Waals surface area contributed by atoms with Crippen molar-refractivity contribution in [1.82, 2.24) is 5.32 Å². The molecule has 1 heterocycles. The first kappa shape index (κ1) is 16.0. The lowest BCUT2D eigenvalue weighted by Crippen LogP contribution is -2.43. The molecule has 2 rings (SSSR count). The molecule has 0 aromatic heterocycles. The highest BCUT2D eigenvalue weighted by Gasteiger charge is 2.32. The predicted octanol–water partition coefficient (Wildman–Crippen LogP) is 1.84. The summed E-state index contributed by atoms with van der Waals surface area (Å²) < 4.78 is 5.15. The molecule has 4 heteroatoms. The number of amides is 1. The molecular formula is C17H25NO3. The third-order valence-electron chi connectivity index (χ3n) is 3.90. The number of rotatable bonds is 7. The largest absolute Gasteiger partial charge is 0.386 e. The fourth-order valence-electron chi connectivity index (χ4n) is 2.45. The topological polar surface area (TPSA) is 58.6 Å². The highest BCUT2D eigenvalue weighted by atomic mass is 16.5. The number of hydrogen-bond donors (Lipinski definition) is 2. The minimum absolute atomic E-state index is 0.0587. The van der Waals surface area contributed by atoms with Crippen LogP contribution in [0.3, 0.4) is 0 Å². The minimum atomic E-state index is -0.889. The molecule has 1 fully saturated rings. The maximum atomic E-state index is 11.9. The zero-order chi connectivity index (χ0) is 15.1. The van der Waals surface area contributed by atoms with Gasteiger partial charge in [0.1, 0.15) is 5.60 Å². The Morgan fingerprint density at radius 2 is 2.05 bits per heavy atom. The Morgan fingerprint density at radius 3 is 2.67 bits per heavy atom. The van der Waals surface area contributed by atoms with Gasteiger partial charge >= 0.3 is 0 Å². The van der Waals surface area contributed by atoms with E-state index in [1.807, 2.05) is 12.1 Å². The number of carbonyl (C=O) groups is 1. The fraction of sp³-hybridized carbons (Fsp3) is 0.588. The molecule has 1 aromatic carbocycles. The first-order valence-electron chi connectivity index (χ1n) is 7.76. The standard InChI is InChI=1S/C17H25NO3/c1-2-3-4-14-5-7-15(8-6-14)11-16(19)18-12-17(20)9-10-21-13-17/h5-8,20H,2-4,9-13H2,1H3,(H,18,19). The summed E-state index contributed by atoms with van der Waals surface area (Å²) >= 11 is 0. The molecule has 1 unspecified atom stereocenters. The van der Waals surface area contributed by atoms with Crippen LogP contribution >= 0.6 is 0 Å². The van der Waals surface area contributed by atoms with Gasteiger partial charge in [0, 0.05) is 19.6 Å². The van der Waals surface area contributed by atoms with Gasteiger partial charge in [-0.15, -0.1) is 0 Å². The third kappa shape index (κ3) is 5.14. The Labute approximate surface area is 126 Å². The van der Waals surface area contributed by atoms with Crippen LogP contribution in [0.15, 0.2) is 24.3 Å². The fourth-order valence-corrected chi connectivity index (χ4v) is 2.45. The second-order valence-electron chi connectivity index (χ2n) is 5.90. The number of aryl methyl sites for hydroxylation is 1.